The predicted molar refractivity (Wildman–Crippen MR) is 278 cm³/mol. The minimum Gasteiger partial charge on any atom is -0.543 e. The van der Waals surface area contributed by atoms with Gasteiger partial charge in [-0.3, -0.25) is 0 Å². The second-order valence-corrected chi connectivity index (χ2v) is 42.1. The minimum atomic E-state index is -2.12. The lowest BCUT2D eigenvalue weighted by Crippen LogP contribution is -2.44. The Bertz CT molecular complexity index is 2320. The van der Waals surface area contributed by atoms with Crippen molar-refractivity contribution in [1.29, 1.82) is 0 Å². The summed E-state index contributed by atoms with van der Waals surface area (Å²) in [5.41, 5.74) is 3.65. The molecule has 0 unspecified atom stereocenters. The summed E-state index contributed by atoms with van der Waals surface area (Å²) in [6.07, 6.45) is 0. The van der Waals surface area contributed by atoms with Crippen LogP contribution in [0.3, 0.4) is 0 Å². The zero-order valence-corrected chi connectivity index (χ0v) is 45.7. The number of rotatable bonds is 8. The minimum absolute atomic E-state index is 0.0509. The summed E-state index contributed by atoms with van der Waals surface area (Å²) in [7, 11) is -8.49. The molecule has 0 aliphatic carbocycles. The first-order chi connectivity index (χ1) is 28.2. The maximum Gasteiger partial charge on any atom is 0.250 e. The van der Waals surface area contributed by atoms with Gasteiger partial charge in [0.15, 0.2) is 0 Å². The van der Waals surface area contributed by atoms with Crippen molar-refractivity contribution in [2.75, 3.05) is 0 Å². The van der Waals surface area contributed by atoms with Gasteiger partial charge < -0.3 is 17.7 Å². The highest BCUT2D eigenvalue weighted by atomic mass is 28.4. The van der Waals surface area contributed by atoms with Gasteiger partial charge in [0.25, 0.3) is 0 Å². The lowest BCUT2D eigenvalue weighted by Gasteiger charge is -2.38. The fourth-order valence-electron chi connectivity index (χ4n) is 5.86. The molecule has 0 fully saturated rings. The first-order valence-corrected chi connectivity index (χ1v) is 33.9. The molecule has 0 N–H and O–H groups in total. The molecule has 0 aliphatic rings. The van der Waals surface area contributed by atoms with E-state index < -0.39 is 33.3 Å². The van der Waals surface area contributed by atoms with Crippen LogP contribution in [-0.4, -0.2) is 33.3 Å². The van der Waals surface area contributed by atoms with Crippen LogP contribution in [0.1, 0.15) is 105 Å². The van der Waals surface area contributed by atoms with Gasteiger partial charge >= 0.3 is 0 Å². The highest BCUT2D eigenvalue weighted by Crippen LogP contribution is 2.43. The maximum absolute atomic E-state index is 6.85. The molecule has 0 amide bonds. The summed E-state index contributed by atoms with van der Waals surface area (Å²) < 4.78 is 27.4. The van der Waals surface area contributed by atoms with Crippen molar-refractivity contribution in [2.24, 2.45) is 0 Å². The molecule has 5 aromatic carbocycles. The average Bonchev–Trinajstić information content (AvgIpc) is 3.09. The van der Waals surface area contributed by atoms with Gasteiger partial charge in [0, 0.05) is 34.4 Å². The summed E-state index contributed by atoms with van der Waals surface area (Å²) in [5, 5.41) is 4.64. The Hall–Kier alpha value is -4.19. The van der Waals surface area contributed by atoms with Crippen molar-refractivity contribution in [1.82, 2.24) is 0 Å². The summed E-state index contributed by atoms with van der Waals surface area (Å²) in [6, 6.07) is 29.7. The Balaban J connectivity index is 1.61. The molecule has 0 aromatic heterocycles. The van der Waals surface area contributed by atoms with Crippen molar-refractivity contribution < 1.29 is 17.7 Å². The molecule has 330 valence electrons. The van der Waals surface area contributed by atoms with E-state index in [0.717, 1.165) is 66.8 Å². The topological polar surface area (TPSA) is 36.9 Å². The molecule has 5 aromatic rings. The Morgan fingerprint density at radius 1 is 0.339 bits per heavy atom. The number of hydrogen-bond donors (Lipinski definition) is 0. The van der Waals surface area contributed by atoms with Gasteiger partial charge in [0.1, 0.15) is 23.0 Å². The van der Waals surface area contributed by atoms with Gasteiger partial charge in [-0.05, 0) is 143 Å². The van der Waals surface area contributed by atoms with Crippen molar-refractivity contribution in [2.45, 2.75) is 156 Å². The fourth-order valence-corrected chi connectivity index (χ4v) is 9.92. The molecule has 5 rings (SSSR count). The maximum atomic E-state index is 6.85. The van der Waals surface area contributed by atoms with E-state index in [1.807, 2.05) is 0 Å². The van der Waals surface area contributed by atoms with E-state index in [9.17, 15) is 0 Å². The van der Waals surface area contributed by atoms with Gasteiger partial charge in [-0.25, -0.2) is 0 Å². The van der Waals surface area contributed by atoms with Crippen LogP contribution in [0, 0.1) is 23.7 Å². The van der Waals surface area contributed by atoms with Crippen molar-refractivity contribution in [3.05, 3.63) is 107 Å². The summed E-state index contributed by atoms with van der Waals surface area (Å²) in [6.45, 7) is 45.4. The highest BCUT2D eigenvalue weighted by molar-refractivity contribution is 6.76. The molecule has 62 heavy (non-hydrogen) atoms. The Morgan fingerprint density at radius 2 is 0.613 bits per heavy atom. The van der Waals surface area contributed by atoms with Crippen LogP contribution in [0.25, 0.3) is 21.5 Å². The summed E-state index contributed by atoms with van der Waals surface area (Å²) in [4.78, 5) is 0. The van der Waals surface area contributed by atoms with Crippen molar-refractivity contribution >= 4 is 54.8 Å². The van der Waals surface area contributed by atoms with Crippen LogP contribution in [0.15, 0.2) is 84.9 Å². The molecular formula is C54H74O4Si4. The van der Waals surface area contributed by atoms with E-state index in [0.29, 0.717) is 0 Å². The van der Waals surface area contributed by atoms with E-state index in [4.69, 9.17) is 17.7 Å². The standard InChI is InChI=1S/C54H74O4Si4/c1-51(2,3)59(13,14)55-45-31-39(32-46(36-45)56-60(15,16)52(4,5)6)27-29-41-23-21-25-43-35-44-26-22-24-42(50(44)38-49(41)43)30-28-40-33-47(57-61(17,18)53(7,8)9)37-48(34-40)58-62(19,20)54(10,11)12/h21-26,31-38H,1-20H3. The molecular weight excluding hydrogens is 825 g/mol. The molecule has 0 aliphatic heterocycles. The van der Waals surface area contributed by atoms with Gasteiger partial charge in [-0.15, -0.1) is 0 Å². The molecule has 0 saturated heterocycles. The molecule has 4 nitrogen and oxygen atoms in total. The molecule has 0 heterocycles. The van der Waals surface area contributed by atoms with E-state index in [2.05, 4.69) is 244 Å². The van der Waals surface area contributed by atoms with Crippen LogP contribution < -0.4 is 17.7 Å². The summed E-state index contributed by atoms with van der Waals surface area (Å²) >= 11 is 0. The molecule has 8 heteroatoms. The van der Waals surface area contributed by atoms with Crippen LogP contribution in [0.4, 0.5) is 0 Å². The van der Waals surface area contributed by atoms with Gasteiger partial charge in [-0.2, -0.15) is 0 Å². The van der Waals surface area contributed by atoms with E-state index >= 15 is 0 Å². The summed E-state index contributed by atoms with van der Waals surface area (Å²) in [5.74, 6) is 17.5. The number of hydrogen-bond acceptors (Lipinski definition) is 4. The smallest absolute Gasteiger partial charge is 0.250 e. The lowest BCUT2D eigenvalue weighted by molar-refractivity contribution is 0.474. The fraction of sp³-hybridized carbons (Fsp3) is 0.444. The lowest BCUT2D eigenvalue weighted by atomic mass is 9.97. The number of benzene rings is 5. The van der Waals surface area contributed by atoms with Crippen LogP contribution >= 0.6 is 0 Å². The molecule has 0 saturated carbocycles. The van der Waals surface area contributed by atoms with Crippen LogP contribution in [0.5, 0.6) is 23.0 Å². The monoisotopic (exact) mass is 898 g/mol. The normalized spacial score (nSPS) is 13.2. The van der Waals surface area contributed by atoms with Crippen LogP contribution in [-0.2, 0) is 0 Å². The molecule has 0 atom stereocenters. The number of fused-ring (bicyclic) bond motifs is 2. The van der Waals surface area contributed by atoms with Crippen LogP contribution in [0.2, 0.25) is 72.5 Å². The SMILES string of the molecule is CC(C)(C)[Si](C)(C)Oc1cc(C#Cc2cccc3cc4cccc(C#Cc5cc(O[Si](C)(C)C(C)(C)C)cc(O[Si](C)(C)C(C)(C)C)c5)c4cc23)cc(O[Si](C)(C)C(C)(C)C)c1. The first kappa shape index (κ1) is 48.8. The van der Waals surface area contributed by atoms with Crippen molar-refractivity contribution in [3.8, 4) is 46.7 Å². The zero-order chi connectivity index (χ0) is 46.5. The van der Waals surface area contributed by atoms with E-state index in [1.54, 1.807) is 0 Å². The Morgan fingerprint density at radius 3 is 0.871 bits per heavy atom. The van der Waals surface area contributed by atoms with Gasteiger partial charge in [0.2, 0.25) is 33.3 Å². The van der Waals surface area contributed by atoms with E-state index in [-0.39, 0.29) is 20.2 Å². The Labute approximate surface area is 380 Å². The highest BCUT2D eigenvalue weighted by Gasteiger charge is 2.42. The van der Waals surface area contributed by atoms with Gasteiger partial charge in [-0.1, -0.05) is 131 Å². The molecule has 0 bridgehead atoms. The third-order valence-electron chi connectivity index (χ3n) is 14.0. The first-order valence-electron chi connectivity index (χ1n) is 22.2. The van der Waals surface area contributed by atoms with E-state index in [1.165, 1.54) is 0 Å². The molecule has 0 spiro atoms. The van der Waals surface area contributed by atoms with Crippen molar-refractivity contribution in [3.63, 3.8) is 0 Å². The third kappa shape index (κ3) is 11.3. The second kappa shape index (κ2) is 17.1. The van der Waals surface area contributed by atoms with Gasteiger partial charge in [0.05, 0.1) is 0 Å². The largest absolute Gasteiger partial charge is 0.543 e. The quantitative estimate of drug-likeness (QED) is 0.0883. The third-order valence-corrected chi connectivity index (χ3v) is 31.5. The predicted octanol–water partition coefficient (Wildman–Crippen LogP) is 16.3. The molecule has 0 radical (unpaired) electrons. The Kier molecular flexibility index (Phi) is 13.4. The average molecular weight is 900 g/mol. The second-order valence-electron chi connectivity index (χ2n) is 23.2. The zero-order valence-electron chi connectivity index (χ0n) is 41.7.